The molecule has 154 valence electrons. The summed E-state index contributed by atoms with van der Waals surface area (Å²) < 4.78 is 19.7. The Morgan fingerprint density at radius 1 is 1.34 bits per heavy atom. The van der Waals surface area contributed by atoms with Gasteiger partial charge in [-0.3, -0.25) is 14.6 Å². The summed E-state index contributed by atoms with van der Waals surface area (Å²) in [5.41, 5.74) is -1.00. The molecule has 1 unspecified atom stereocenters. The number of likely N-dealkylation sites (tertiary alicyclic amines) is 1. The second kappa shape index (κ2) is 7.78. The Labute approximate surface area is 165 Å². The molecule has 2 aromatic rings. The molecular formula is C19H22FN5O4. The van der Waals surface area contributed by atoms with E-state index < -0.39 is 17.2 Å². The lowest BCUT2D eigenvalue weighted by atomic mass is 9.73. The number of halogens is 1. The van der Waals surface area contributed by atoms with Crippen LogP contribution in [0, 0.1) is 11.2 Å². The van der Waals surface area contributed by atoms with Gasteiger partial charge in [0.25, 0.3) is 5.91 Å². The van der Waals surface area contributed by atoms with E-state index in [-0.39, 0.29) is 49.5 Å². The smallest absolute Gasteiger partial charge is 0.340 e. The molecule has 4 rings (SSSR count). The summed E-state index contributed by atoms with van der Waals surface area (Å²) in [7, 11) is 0. The molecule has 0 saturated carbocycles. The number of aromatic amines is 2. The van der Waals surface area contributed by atoms with Crippen molar-refractivity contribution in [3.05, 3.63) is 52.0 Å². The highest BCUT2D eigenvalue weighted by Crippen LogP contribution is 2.36. The number of rotatable bonds is 6. The number of benzene rings is 1. The van der Waals surface area contributed by atoms with Crippen molar-refractivity contribution >= 4 is 11.8 Å². The topological polar surface area (TPSA) is 120 Å². The maximum Gasteiger partial charge on any atom is 0.340 e. The summed E-state index contributed by atoms with van der Waals surface area (Å²) in [6, 6.07) is 6.30. The molecule has 3 N–H and O–H groups in total. The molecule has 1 aromatic carbocycles. The van der Waals surface area contributed by atoms with Gasteiger partial charge in [-0.2, -0.15) is 5.10 Å². The molecule has 1 aromatic heterocycles. The summed E-state index contributed by atoms with van der Waals surface area (Å²) in [6.45, 7) is 0.954. The molecule has 0 radical (unpaired) electrons. The quantitative estimate of drug-likeness (QED) is 0.632. The maximum atomic E-state index is 14.2. The molecule has 2 amide bonds. The fraction of sp³-hybridized carbons (Fsp3) is 0.474. The van der Waals surface area contributed by atoms with E-state index in [4.69, 9.17) is 4.74 Å². The first-order valence-corrected chi connectivity index (χ1v) is 9.52. The van der Waals surface area contributed by atoms with Crippen molar-refractivity contribution < 1.29 is 18.7 Å². The third-order valence-corrected chi connectivity index (χ3v) is 5.44. The molecule has 29 heavy (non-hydrogen) atoms. The number of amides is 2. The van der Waals surface area contributed by atoms with Gasteiger partial charge in [-0.15, -0.1) is 0 Å². The van der Waals surface area contributed by atoms with E-state index in [9.17, 15) is 18.8 Å². The molecule has 1 atom stereocenters. The Balaban J connectivity index is 1.48. The van der Waals surface area contributed by atoms with Crippen molar-refractivity contribution in [1.82, 2.24) is 25.4 Å². The SMILES string of the molecule is O=C(C1CCCO1)N1CC(Cc2ccccc2F)(C(=O)NCc2n[nH]c(=O)[nH]2)C1. The van der Waals surface area contributed by atoms with Gasteiger partial charge in [0.05, 0.1) is 12.0 Å². The summed E-state index contributed by atoms with van der Waals surface area (Å²) in [5, 5.41) is 8.73. The molecule has 0 aliphatic carbocycles. The standard InChI is InChI=1S/C19H22FN5O4/c20-13-5-2-1-4-12(13)8-19(17(27)21-9-15-22-18(28)24-23-15)10-25(11-19)16(26)14-6-3-7-29-14/h1-2,4-5,14H,3,6-11H2,(H,21,27)(H2,22,23,24,28). The van der Waals surface area contributed by atoms with Crippen LogP contribution >= 0.6 is 0 Å². The Morgan fingerprint density at radius 2 is 2.14 bits per heavy atom. The van der Waals surface area contributed by atoms with Crippen LogP contribution in [0.5, 0.6) is 0 Å². The van der Waals surface area contributed by atoms with Crippen molar-refractivity contribution in [1.29, 1.82) is 0 Å². The van der Waals surface area contributed by atoms with Crippen LogP contribution in [0.4, 0.5) is 4.39 Å². The number of nitrogens with one attached hydrogen (secondary N) is 3. The van der Waals surface area contributed by atoms with E-state index in [1.807, 2.05) is 0 Å². The third kappa shape index (κ3) is 3.93. The molecule has 0 spiro atoms. The van der Waals surface area contributed by atoms with E-state index >= 15 is 0 Å². The highest BCUT2D eigenvalue weighted by Gasteiger charge is 2.52. The highest BCUT2D eigenvalue weighted by atomic mass is 19.1. The number of nitrogens with zero attached hydrogens (tertiary/aromatic N) is 2. The summed E-state index contributed by atoms with van der Waals surface area (Å²) in [4.78, 5) is 40.8. The minimum Gasteiger partial charge on any atom is -0.368 e. The normalized spacial score (nSPS) is 20.3. The molecule has 0 bridgehead atoms. The van der Waals surface area contributed by atoms with E-state index in [1.165, 1.54) is 6.07 Å². The van der Waals surface area contributed by atoms with Gasteiger partial charge in [-0.1, -0.05) is 18.2 Å². The third-order valence-electron chi connectivity index (χ3n) is 5.44. The molecule has 10 heteroatoms. The average molecular weight is 403 g/mol. The van der Waals surface area contributed by atoms with E-state index in [1.54, 1.807) is 23.1 Å². The zero-order valence-corrected chi connectivity index (χ0v) is 15.7. The van der Waals surface area contributed by atoms with Crippen LogP contribution in [0.1, 0.15) is 24.2 Å². The Morgan fingerprint density at radius 3 is 2.79 bits per heavy atom. The molecule has 2 aliphatic rings. The van der Waals surface area contributed by atoms with Crippen molar-refractivity contribution in [2.24, 2.45) is 5.41 Å². The van der Waals surface area contributed by atoms with Gasteiger partial charge in [0.15, 0.2) is 0 Å². The van der Waals surface area contributed by atoms with Crippen LogP contribution in [0.3, 0.4) is 0 Å². The number of carbonyl (C=O) groups is 2. The first-order valence-electron chi connectivity index (χ1n) is 9.52. The van der Waals surface area contributed by atoms with Crippen LogP contribution in [0.2, 0.25) is 0 Å². The largest absolute Gasteiger partial charge is 0.368 e. The minimum absolute atomic E-state index is 0.0241. The minimum atomic E-state index is -0.951. The number of aromatic nitrogens is 3. The summed E-state index contributed by atoms with van der Waals surface area (Å²) >= 11 is 0. The van der Waals surface area contributed by atoms with Crippen LogP contribution in [0.25, 0.3) is 0 Å². The highest BCUT2D eigenvalue weighted by molar-refractivity contribution is 5.89. The lowest BCUT2D eigenvalue weighted by molar-refractivity contribution is -0.160. The van der Waals surface area contributed by atoms with Gasteiger partial charge in [0.2, 0.25) is 5.91 Å². The lowest BCUT2D eigenvalue weighted by Gasteiger charge is -2.49. The number of carbonyl (C=O) groups excluding carboxylic acids is 2. The second-order valence-electron chi connectivity index (χ2n) is 7.55. The number of hydrogen-bond acceptors (Lipinski definition) is 5. The van der Waals surface area contributed by atoms with Crippen molar-refractivity contribution in [3.63, 3.8) is 0 Å². The van der Waals surface area contributed by atoms with Crippen LogP contribution in [-0.2, 0) is 27.3 Å². The fourth-order valence-corrected chi connectivity index (χ4v) is 3.90. The van der Waals surface area contributed by atoms with Crippen molar-refractivity contribution in [3.8, 4) is 0 Å². The van der Waals surface area contributed by atoms with Crippen LogP contribution in [0.15, 0.2) is 29.1 Å². The molecular weight excluding hydrogens is 381 g/mol. The first kappa shape index (κ1) is 19.3. The Kier molecular flexibility index (Phi) is 5.18. The monoisotopic (exact) mass is 403 g/mol. The van der Waals surface area contributed by atoms with Crippen LogP contribution < -0.4 is 11.0 Å². The zero-order chi connectivity index (χ0) is 20.4. The summed E-state index contributed by atoms with van der Waals surface area (Å²) in [5.74, 6) is -0.548. The number of ether oxygens (including phenoxy) is 1. The lowest BCUT2D eigenvalue weighted by Crippen LogP contribution is -2.66. The van der Waals surface area contributed by atoms with E-state index in [2.05, 4.69) is 20.5 Å². The zero-order valence-electron chi connectivity index (χ0n) is 15.7. The van der Waals surface area contributed by atoms with Gasteiger partial charge >= 0.3 is 5.69 Å². The van der Waals surface area contributed by atoms with Gasteiger partial charge in [-0.05, 0) is 30.9 Å². The summed E-state index contributed by atoms with van der Waals surface area (Å²) in [6.07, 6.45) is 1.22. The molecule has 3 heterocycles. The number of hydrogen-bond donors (Lipinski definition) is 3. The van der Waals surface area contributed by atoms with Gasteiger partial charge < -0.3 is 15.0 Å². The molecule has 2 fully saturated rings. The first-order chi connectivity index (χ1) is 14.0. The average Bonchev–Trinajstić information content (AvgIpc) is 3.35. The number of H-pyrrole nitrogens is 2. The Hall–Kier alpha value is -3.01. The van der Waals surface area contributed by atoms with E-state index in [0.29, 0.717) is 18.6 Å². The predicted molar refractivity (Wildman–Crippen MR) is 99.1 cm³/mol. The van der Waals surface area contributed by atoms with Gasteiger partial charge in [0.1, 0.15) is 17.7 Å². The van der Waals surface area contributed by atoms with Crippen molar-refractivity contribution in [2.75, 3.05) is 19.7 Å². The Bertz CT molecular complexity index is 959. The molecule has 2 aliphatic heterocycles. The fourth-order valence-electron chi connectivity index (χ4n) is 3.90. The van der Waals surface area contributed by atoms with E-state index in [0.717, 1.165) is 6.42 Å². The van der Waals surface area contributed by atoms with Crippen LogP contribution in [-0.4, -0.2) is 57.7 Å². The van der Waals surface area contributed by atoms with Crippen molar-refractivity contribution in [2.45, 2.75) is 31.9 Å². The molecule has 9 nitrogen and oxygen atoms in total. The second-order valence-corrected chi connectivity index (χ2v) is 7.55. The van der Waals surface area contributed by atoms with Gasteiger partial charge in [-0.25, -0.2) is 14.3 Å². The maximum absolute atomic E-state index is 14.2. The predicted octanol–water partition coefficient (Wildman–Crippen LogP) is 0.104. The van der Waals surface area contributed by atoms with Gasteiger partial charge in [0, 0.05) is 19.7 Å². The molecule has 2 saturated heterocycles.